The summed E-state index contributed by atoms with van der Waals surface area (Å²) >= 11 is 0. The molecule has 0 aliphatic rings. The van der Waals surface area contributed by atoms with E-state index >= 15 is 0 Å². The molecule has 18 heavy (non-hydrogen) atoms. The van der Waals surface area contributed by atoms with Gasteiger partial charge in [-0.25, -0.2) is 4.79 Å². The van der Waals surface area contributed by atoms with Crippen LogP contribution in [0.1, 0.15) is 22.3 Å². The topological polar surface area (TPSA) is 78.8 Å². The maximum absolute atomic E-state index is 10.8. The maximum Gasteiger partial charge on any atom is 0.335 e. The number of ether oxygens (including phenoxy) is 1. The summed E-state index contributed by atoms with van der Waals surface area (Å²) in [6.07, 6.45) is 0.833. The fourth-order valence-electron chi connectivity index (χ4n) is 1.56. The standard InChI is InChI=1S/C13H19NO4/c1-10-9-11(13(16)17)3-4-12(10)14-5-2-7-18-8-6-15/h3-4,9,14-15H,2,5-8H2,1H3,(H,16,17). The molecule has 0 radical (unpaired) electrons. The van der Waals surface area contributed by atoms with Crippen LogP contribution in [0.4, 0.5) is 5.69 Å². The minimum absolute atomic E-state index is 0.0448. The first-order valence-electron chi connectivity index (χ1n) is 5.91. The number of rotatable bonds is 8. The quantitative estimate of drug-likeness (QED) is 0.612. The zero-order valence-electron chi connectivity index (χ0n) is 10.5. The molecule has 100 valence electrons. The van der Waals surface area contributed by atoms with Crippen molar-refractivity contribution in [3.8, 4) is 0 Å². The predicted molar refractivity (Wildman–Crippen MR) is 69.1 cm³/mol. The van der Waals surface area contributed by atoms with Gasteiger partial charge in [-0.3, -0.25) is 0 Å². The highest BCUT2D eigenvalue weighted by Crippen LogP contribution is 2.16. The van der Waals surface area contributed by atoms with Gasteiger partial charge in [0.05, 0.1) is 18.8 Å². The van der Waals surface area contributed by atoms with Crippen LogP contribution in [0.3, 0.4) is 0 Å². The van der Waals surface area contributed by atoms with Crippen molar-refractivity contribution in [3.05, 3.63) is 29.3 Å². The van der Waals surface area contributed by atoms with E-state index in [4.69, 9.17) is 14.9 Å². The average molecular weight is 253 g/mol. The van der Waals surface area contributed by atoms with Crippen LogP contribution in [0.25, 0.3) is 0 Å². The van der Waals surface area contributed by atoms with Crippen LogP contribution in [0.5, 0.6) is 0 Å². The van der Waals surface area contributed by atoms with Crippen molar-refractivity contribution in [2.24, 2.45) is 0 Å². The summed E-state index contributed by atoms with van der Waals surface area (Å²) in [6.45, 7) is 3.63. The number of hydrogen-bond donors (Lipinski definition) is 3. The Morgan fingerprint density at radius 3 is 2.78 bits per heavy atom. The first-order valence-corrected chi connectivity index (χ1v) is 5.91. The minimum atomic E-state index is -0.915. The molecule has 0 atom stereocenters. The summed E-state index contributed by atoms with van der Waals surface area (Å²) in [5.74, 6) is -0.915. The molecule has 3 N–H and O–H groups in total. The van der Waals surface area contributed by atoms with Crippen molar-refractivity contribution in [1.29, 1.82) is 0 Å². The highest BCUT2D eigenvalue weighted by molar-refractivity contribution is 5.88. The number of carboxylic acids is 1. The molecule has 1 aromatic carbocycles. The van der Waals surface area contributed by atoms with Crippen molar-refractivity contribution < 1.29 is 19.7 Å². The lowest BCUT2D eigenvalue weighted by Gasteiger charge is -2.10. The number of carboxylic acid groups (broad SMARTS) is 1. The lowest BCUT2D eigenvalue weighted by atomic mass is 10.1. The molecule has 0 aliphatic carbocycles. The highest BCUT2D eigenvalue weighted by Gasteiger charge is 2.04. The lowest BCUT2D eigenvalue weighted by Crippen LogP contribution is -2.08. The Hall–Kier alpha value is -1.59. The second-order valence-electron chi connectivity index (χ2n) is 3.95. The molecule has 0 saturated heterocycles. The molecule has 0 spiro atoms. The van der Waals surface area contributed by atoms with Gasteiger partial charge in [0.15, 0.2) is 0 Å². The molecule has 0 bridgehead atoms. The molecule has 5 heteroatoms. The summed E-state index contributed by atoms with van der Waals surface area (Å²) in [5, 5.41) is 20.6. The Labute approximate surface area is 106 Å². The summed E-state index contributed by atoms with van der Waals surface area (Å²) in [6, 6.07) is 5.00. The van der Waals surface area contributed by atoms with Crippen LogP contribution in [-0.4, -0.2) is 42.5 Å². The summed E-state index contributed by atoms with van der Waals surface area (Å²) in [5.41, 5.74) is 2.14. The van der Waals surface area contributed by atoms with E-state index < -0.39 is 5.97 Å². The van der Waals surface area contributed by atoms with E-state index in [1.165, 1.54) is 0 Å². The first kappa shape index (κ1) is 14.5. The van der Waals surface area contributed by atoms with Crippen molar-refractivity contribution in [2.45, 2.75) is 13.3 Å². The Balaban J connectivity index is 2.36. The van der Waals surface area contributed by atoms with Gasteiger partial charge in [0.1, 0.15) is 0 Å². The average Bonchev–Trinajstić information content (AvgIpc) is 2.35. The van der Waals surface area contributed by atoms with Gasteiger partial charge < -0.3 is 20.3 Å². The third kappa shape index (κ3) is 4.73. The summed E-state index contributed by atoms with van der Waals surface area (Å²) in [7, 11) is 0. The maximum atomic E-state index is 10.8. The van der Waals surface area contributed by atoms with Crippen molar-refractivity contribution >= 4 is 11.7 Å². The van der Waals surface area contributed by atoms with Crippen molar-refractivity contribution in [1.82, 2.24) is 0 Å². The summed E-state index contributed by atoms with van der Waals surface area (Å²) in [4.78, 5) is 10.8. The largest absolute Gasteiger partial charge is 0.478 e. The number of nitrogens with one attached hydrogen (secondary N) is 1. The lowest BCUT2D eigenvalue weighted by molar-refractivity contribution is 0.0697. The van der Waals surface area contributed by atoms with E-state index in [9.17, 15) is 4.79 Å². The normalized spacial score (nSPS) is 10.3. The molecule has 0 aliphatic heterocycles. The molecule has 0 amide bonds. The van der Waals surface area contributed by atoms with E-state index in [2.05, 4.69) is 5.32 Å². The third-order valence-electron chi connectivity index (χ3n) is 2.49. The number of aromatic carboxylic acids is 1. The monoisotopic (exact) mass is 253 g/mol. The molecule has 0 unspecified atom stereocenters. The van der Waals surface area contributed by atoms with Crippen LogP contribution >= 0.6 is 0 Å². The van der Waals surface area contributed by atoms with Gasteiger partial charge >= 0.3 is 5.97 Å². The van der Waals surface area contributed by atoms with Crippen LogP contribution in [0.2, 0.25) is 0 Å². The second kappa shape index (κ2) is 7.68. The van der Waals surface area contributed by atoms with Gasteiger partial charge in [-0.05, 0) is 37.1 Å². The Bertz CT molecular complexity index is 393. The molecule has 0 aromatic heterocycles. The molecule has 1 aromatic rings. The third-order valence-corrected chi connectivity index (χ3v) is 2.49. The highest BCUT2D eigenvalue weighted by atomic mass is 16.5. The Morgan fingerprint density at radius 2 is 2.17 bits per heavy atom. The number of carbonyl (C=O) groups is 1. The fourth-order valence-corrected chi connectivity index (χ4v) is 1.56. The molecular weight excluding hydrogens is 234 g/mol. The number of hydrogen-bond acceptors (Lipinski definition) is 4. The molecule has 5 nitrogen and oxygen atoms in total. The number of aliphatic hydroxyl groups is 1. The van der Waals surface area contributed by atoms with E-state index in [1.807, 2.05) is 6.92 Å². The molecule has 0 heterocycles. The minimum Gasteiger partial charge on any atom is -0.478 e. The van der Waals surface area contributed by atoms with Crippen LogP contribution < -0.4 is 5.32 Å². The van der Waals surface area contributed by atoms with Gasteiger partial charge in [0.25, 0.3) is 0 Å². The van der Waals surface area contributed by atoms with E-state index in [0.717, 1.165) is 24.2 Å². The number of aliphatic hydroxyl groups excluding tert-OH is 1. The van der Waals surface area contributed by atoms with Crippen LogP contribution in [-0.2, 0) is 4.74 Å². The van der Waals surface area contributed by atoms with Gasteiger partial charge in [0.2, 0.25) is 0 Å². The zero-order chi connectivity index (χ0) is 13.4. The molecular formula is C13H19NO4. The molecule has 1 rings (SSSR count). The van der Waals surface area contributed by atoms with Crippen molar-refractivity contribution in [3.63, 3.8) is 0 Å². The fraction of sp³-hybridized carbons (Fsp3) is 0.462. The second-order valence-corrected chi connectivity index (χ2v) is 3.95. The van der Waals surface area contributed by atoms with E-state index in [1.54, 1.807) is 18.2 Å². The number of benzene rings is 1. The van der Waals surface area contributed by atoms with Gasteiger partial charge in [-0.2, -0.15) is 0 Å². The van der Waals surface area contributed by atoms with Crippen LogP contribution in [0, 0.1) is 6.92 Å². The number of aryl methyl sites for hydroxylation is 1. The first-order chi connectivity index (χ1) is 8.65. The van der Waals surface area contributed by atoms with Crippen LogP contribution in [0.15, 0.2) is 18.2 Å². The Morgan fingerprint density at radius 1 is 1.39 bits per heavy atom. The zero-order valence-corrected chi connectivity index (χ0v) is 10.5. The Kier molecular flexibility index (Phi) is 6.18. The number of anilines is 1. The predicted octanol–water partition coefficient (Wildman–Crippen LogP) is 1.50. The van der Waals surface area contributed by atoms with E-state index in [0.29, 0.717) is 18.8 Å². The molecule has 0 fully saturated rings. The van der Waals surface area contributed by atoms with Gasteiger partial charge in [-0.15, -0.1) is 0 Å². The summed E-state index contributed by atoms with van der Waals surface area (Å²) < 4.78 is 5.13. The molecule has 0 saturated carbocycles. The van der Waals surface area contributed by atoms with E-state index in [-0.39, 0.29) is 6.61 Å². The smallest absolute Gasteiger partial charge is 0.335 e. The van der Waals surface area contributed by atoms with Gasteiger partial charge in [0, 0.05) is 18.8 Å². The van der Waals surface area contributed by atoms with Crippen molar-refractivity contribution in [2.75, 3.05) is 31.7 Å². The SMILES string of the molecule is Cc1cc(C(=O)O)ccc1NCCCOCCO. The van der Waals surface area contributed by atoms with Gasteiger partial charge in [-0.1, -0.05) is 0 Å².